The van der Waals surface area contributed by atoms with E-state index >= 15 is 0 Å². The molecule has 2 heterocycles. The lowest BCUT2D eigenvalue weighted by atomic mass is 10.1. The molecule has 2 aromatic heterocycles. The van der Waals surface area contributed by atoms with Gasteiger partial charge < -0.3 is 14.8 Å². The lowest BCUT2D eigenvalue weighted by molar-refractivity contribution is -0.116. The first-order valence-electron chi connectivity index (χ1n) is 8.84. The van der Waals surface area contributed by atoms with Crippen molar-refractivity contribution >= 4 is 17.6 Å². The summed E-state index contributed by atoms with van der Waals surface area (Å²) in [4.78, 5) is 24.2. The van der Waals surface area contributed by atoms with E-state index in [1.807, 2.05) is 12.1 Å². The molecule has 0 fully saturated rings. The number of nitrogens with zero attached hydrogens (tertiary/aromatic N) is 3. The number of hydrogen-bond donors (Lipinski definition) is 1. The number of hydrogen-bond acceptors (Lipinski definition) is 5. The Labute approximate surface area is 162 Å². The molecule has 0 bridgehead atoms. The minimum absolute atomic E-state index is 0.187. The molecule has 146 valence electrons. The third-order valence-electron chi connectivity index (χ3n) is 4.19. The first-order chi connectivity index (χ1) is 13.6. The topological polar surface area (TPSA) is 86.9 Å². The van der Waals surface area contributed by atoms with E-state index in [1.54, 1.807) is 50.8 Å². The summed E-state index contributed by atoms with van der Waals surface area (Å²) >= 11 is 0. The van der Waals surface area contributed by atoms with Crippen molar-refractivity contribution in [2.45, 2.75) is 13.0 Å². The average molecular weight is 382 g/mol. The van der Waals surface area contributed by atoms with Crippen molar-refractivity contribution < 1.29 is 14.3 Å². The molecule has 3 aromatic rings. The zero-order valence-electron chi connectivity index (χ0n) is 15.8. The van der Waals surface area contributed by atoms with Crippen LogP contribution >= 0.6 is 0 Å². The molecule has 3 rings (SSSR count). The van der Waals surface area contributed by atoms with E-state index in [9.17, 15) is 9.59 Å². The minimum Gasteiger partial charge on any atom is -0.497 e. The van der Waals surface area contributed by atoms with Crippen LogP contribution in [0.3, 0.4) is 0 Å². The van der Waals surface area contributed by atoms with Crippen LogP contribution in [0, 0.1) is 0 Å². The van der Waals surface area contributed by atoms with E-state index in [4.69, 9.17) is 9.47 Å². The maximum absolute atomic E-state index is 12.2. The fraction of sp³-hybridized carbons (Fsp3) is 0.250. The van der Waals surface area contributed by atoms with Crippen molar-refractivity contribution in [2.24, 2.45) is 0 Å². The summed E-state index contributed by atoms with van der Waals surface area (Å²) in [7, 11) is 3.14. The zero-order chi connectivity index (χ0) is 19.9. The van der Waals surface area contributed by atoms with Crippen LogP contribution in [-0.2, 0) is 11.3 Å². The molecule has 0 saturated heterocycles. The number of amides is 1. The molecular formula is C20H22N4O4. The fourth-order valence-electron chi connectivity index (χ4n) is 2.73. The van der Waals surface area contributed by atoms with Crippen LogP contribution in [0.25, 0.3) is 11.7 Å². The summed E-state index contributed by atoms with van der Waals surface area (Å²) in [6.07, 6.45) is 5.40. The standard InChI is InChI=1S/C20H22N4O4/c1-27-16-9-7-15(17(14-16)28-2)8-10-19(25)21-11-5-13-24-20(26)23-12-4-3-6-18(23)22-24/h3-4,6-10,12,14H,5,11,13H2,1-2H3,(H,21,25)/b10-8+. The number of nitrogens with one attached hydrogen (secondary N) is 1. The van der Waals surface area contributed by atoms with E-state index in [2.05, 4.69) is 10.4 Å². The number of fused-ring (bicyclic) bond motifs is 1. The van der Waals surface area contributed by atoms with Gasteiger partial charge in [-0.05, 0) is 36.8 Å². The van der Waals surface area contributed by atoms with Crippen molar-refractivity contribution in [1.29, 1.82) is 0 Å². The smallest absolute Gasteiger partial charge is 0.350 e. The SMILES string of the molecule is COc1ccc(/C=C/C(=O)NCCCn2nc3ccccn3c2=O)c(OC)c1. The lowest BCUT2D eigenvalue weighted by Gasteiger charge is -2.07. The van der Waals surface area contributed by atoms with E-state index in [-0.39, 0.29) is 11.6 Å². The number of methoxy groups -OCH3 is 2. The van der Waals surface area contributed by atoms with E-state index in [1.165, 1.54) is 15.2 Å². The number of rotatable bonds is 8. The quantitative estimate of drug-likeness (QED) is 0.474. The van der Waals surface area contributed by atoms with E-state index in [0.29, 0.717) is 36.7 Å². The molecule has 8 nitrogen and oxygen atoms in total. The van der Waals surface area contributed by atoms with Crippen molar-refractivity contribution in [1.82, 2.24) is 19.5 Å². The van der Waals surface area contributed by atoms with Crippen LogP contribution in [0.2, 0.25) is 0 Å². The van der Waals surface area contributed by atoms with Gasteiger partial charge in [0.1, 0.15) is 11.5 Å². The molecule has 1 N–H and O–H groups in total. The highest BCUT2D eigenvalue weighted by atomic mass is 16.5. The Morgan fingerprint density at radius 1 is 1.21 bits per heavy atom. The predicted molar refractivity (Wildman–Crippen MR) is 106 cm³/mol. The number of carbonyl (C=O) groups is 1. The number of aryl methyl sites for hydroxylation is 1. The molecule has 28 heavy (non-hydrogen) atoms. The van der Waals surface area contributed by atoms with Crippen molar-refractivity contribution in [2.75, 3.05) is 20.8 Å². The largest absolute Gasteiger partial charge is 0.497 e. The molecular weight excluding hydrogens is 360 g/mol. The second-order valence-electron chi connectivity index (χ2n) is 6.02. The Morgan fingerprint density at radius 2 is 2.07 bits per heavy atom. The highest BCUT2D eigenvalue weighted by molar-refractivity contribution is 5.92. The van der Waals surface area contributed by atoms with Gasteiger partial charge in [0.15, 0.2) is 5.65 Å². The summed E-state index contributed by atoms with van der Waals surface area (Å²) in [5.41, 5.74) is 1.19. The molecule has 0 spiro atoms. The molecule has 0 aliphatic heterocycles. The molecule has 0 aliphatic rings. The van der Waals surface area contributed by atoms with Gasteiger partial charge in [-0.25, -0.2) is 9.48 Å². The normalized spacial score (nSPS) is 11.1. The first-order valence-corrected chi connectivity index (χ1v) is 8.84. The number of benzene rings is 1. The Morgan fingerprint density at radius 3 is 2.82 bits per heavy atom. The van der Waals surface area contributed by atoms with Gasteiger partial charge in [-0.3, -0.25) is 9.20 Å². The molecule has 1 aromatic carbocycles. The Bertz CT molecular complexity index is 1050. The molecule has 0 radical (unpaired) electrons. The van der Waals surface area contributed by atoms with Gasteiger partial charge >= 0.3 is 5.69 Å². The molecule has 0 atom stereocenters. The van der Waals surface area contributed by atoms with Crippen molar-refractivity contribution in [3.8, 4) is 11.5 Å². The third-order valence-corrected chi connectivity index (χ3v) is 4.19. The van der Waals surface area contributed by atoms with Gasteiger partial charge in [0.25, 0.3) is 0 Å². The van der Waals surface area contributed by atoms with Crippen LogP contribution in [-0.4, -0.2) is 40.9 Å². The third kappa shape index (κ3) is 4.40. The number of pyridine rings is 1. The van der Waals surface area contributed by atoms with Crippen LogP contribution in [0.4, 0.5) is 0 Å². The molecule has 0 aliphatic carbocycles. The van der Waals surface area contributed by atoms with Gasteiger partial charge in [0.2, 0.25) is 5.91 Å². The molecule has 0 unspecified atom stereocenters. The molecule has 8 heteroatoms. The van der Waals surface area contributed by atoms with Gasteiger partial charge in [0.05, 0.1) is 14.2 Å². The highest BCUT2D eigenvalue weighted by Crippen LogP contribution is 2.25. The number of aromatic nitrogens is 3. The first kappa shape index (κ1) is 19.2. The van der Waals surface area contributed by atoms with Crippen molar-refractivity contribution in [3.05, 3.63) is 64.7 Å². The Kier molecular flexibility index (Phi) is 6.11. The van der Waals surface area contributed by atoms with Crippen LogP contribution in [0.5, 0.6) is 11.5 Å². The summed E-state index contributed by atoms with van der Waals surface area (Å²) in [6.45, 7) is 0.861. The minimum atomic E-state index is -0.222. The summed E-state index contributed by atoms with van der Waals surface area (Å²) in [5.74, 6) is 1.08. The van der Waals surface area contributed by atoms with Gasteiger partial charge in [-0.15, -0.1) is 5.10 Å². The Hall–Kier alpha value is -3.55. The number of carbonyl (C=O) groups excluding carboxylic acids is 1. The van der Waals surface area contributed by atoms with Crippen LogP contribution in [0.1, 0.15) is 12.0 Å². The second kappa shape index (κ2) is 8.90. The predicted octanol–water partition coefficient (Wildman–Crippen LogP) is 1.73. The monoisotopic (exact) mass is 382 g/mol. The van der Waals surface area contributed by atoms with E-state index in [0.717, 1.165) is 5.56 Å². The summed E-state index contributed by atoms with van der Waals surface area (Å²) in [6, 6.07) is 10.8. The van der Waals surface area contributed by atoms with Crippen molar-refractivity contribution in [3.63, 3.8) is 0 Å². The second-order valence-corrected chi connectivity index (χ2v) is 6.02. The highest BCUT2D eigenvalue weighted by Gasteiger charge is 2.06. The summed E-state index contributed by atoms with van der Waals surface area (Å²) < 4.78 is 13.3. The Balaban J connectivity index is 1.51. The maximum Gasteiger partial charge on any atom is 0.350 e. The lowest BCUT2D eigenvalue weighted by Crippen LogP contribution is -2.26. The van der Waals surface area contributed by atoms with Gasteiger partial charge in [-0.1, -0.05) is 6.07 Å². The molecule has 1 amide bonds. The summed E-state index contributed by atoms with van der Waals surface area (Å²) in [5, 5.41) is 7.05. The zero-order valence-corrected chi connectivity index (χ0v) is 15.8. The van der Waals surface area contributed by atoms with Crippen LogP contribution in [0.15, 0.2) is 53.5 Å². The number of ether oxygens (including phenoxy) is 2. The van der Waals surface area contributed by atoms with Gasteiger partial charge in [-0.2, -0.15) is 0 Å². The molecule has 0 saturated carbocycles. The van der Waals surface area contributed by atoms with Gasteiger partial charge in [0, 0.05) is 37.0 Å². The fourth-order valence-corrected chi connectivity index (χ4v) is 2.73. The maximum atomic E-state index is 12.2. The van der Waals surface area contributed by atoms with Crippen LogP contribution < -0.4 is 20.5 Å². The average Bonchev–Trinajstić information content (AvgIpc) is 3.05. The van der Waals surface area contributed by atoms with E-state index < -0.39 is 0 Å².